The Kier molecular flexibility index (Phi) is 27.1. The maximum absolute atomic E-state index is 13.1. The highest BCUT2D eigenvalue weighted by atomic mass is 16.5. The summed E-state index contributed by atoms with van der Waals surface area (Å²) in [6, 6.07) is 15.7. The van der Waals surface area contributed by atoms with Crippen LogP contribution < -0.4 is 30.7 Å². The van der Waals surface area contributed by atoms with Crippen molar-refractivity contribution in [3.8, 4) is 11.5 Å². The minimum Gasteiger partial charge on any atom is -0.494 e. The van der Waals surface area contributed by atoms with E-state index in [-0.39, 0.29) is 35.7 Å². The number of hydrogen-bond donors (Lipinski definition) is 4. The number of carbonyl (C=O) groups is 2. The summed E-state index contributed by atoms with van der Waals surface area (Å²) >= 11 is 0. The molecule has 312 valence electrons. The molecule has 4 N–H and O–H groups in total. The first-order valence-corrected chi connectivity index (χ1v) is 22.2. The first-order valence-electron chi connectivity index (χ1n) is 22.2. The van der Waals surface area contributed by atoms with E-state index in [9.17, 15) is 9.59 Å². The Morgan fingerprint density at radius 1 is 0.473 bits per heavy atom. The third kappa shape index (κ3) is 22.9. The molecule has 8 heteroatoms. The maximum Gasteiger partial charge on any atom is 0.237 e. The van der Waals surface area contributed by atoms with Crippen LogP contribution in [-0.4, -0.2) is 50.2 Å². The second kappa shape index (κ2) is 31.0. The lowest BCUT2D eigenvalue weighted by Crippen LogP contribution is -2.48. The van der Waals surface area contributed by atoms with E-state index >= 15 is 0 Å². The van der Waals surface area contributed by atoms with Crippen LogP contribution >= 0.6 is 0 Å². The fraction of sp³-hybridized carbons (Fsp3) is 0.702. The van der Waals surface area contributed by atoms with Crippen molar-refractivity contribution in [2.75, 3.05) is 26.3 Å². The summed E-state index contributed by atoms with van der Waals surface area (Å²) in [6.45, 7) is 16.5. The van der Waals surface area contributed by atoms with E-state index in [1.165, 1.54) is 89.9 Å². The molecule has 2 atom stereocenters. The van der Waals surface area contributed by atoms with Crippen LogP contribution in [0.2, 0.25) is 0 Å². The first kappa shape index (κ1) is 48.0. The van der Waals surface area contributed by atoms with Crippen LogP contribution in [0.15, 0.2) is 48.5 Å². The zero-order valence-electron chi connectivity index (χ0n) is 35.8. The summed E-state index contributed by atoms with van der Waals surface area (Å²) in [4.78, 5) is 26.2. The minimum absolute atomic E-state index is 0.0158. The van der Waals surface area contributed by atoms with Gasteiger partial charge in [0.25, 0.3) is 0 Å². The number of benzene rings is 2. The number of hydrogen-bond acceptors (Lipinski definition) is 6. The van der Waals surface area contributed by atoms with Crippen LogP contribution in [0, 0.1) is 11.8 Å². The molecule has 2 rings (SSSR count). The summed E-state index contributed by atoms with van der Waals surface area (Å²) in [5, 5.41) is 13.0. The van der Waals surface area contributed by atoms with Crippen LogP contribution in [0.1, 0.15) is 162 Å². The normalized spacial score (nSPS) is 12.5. The van der Waals surface area contributed by atoms with Gasteiger partial charge in [0.15, 0.2) is 0 Å². The largest absolute Gasteiger partial charge is 0.494 e. The highest BCUT2D eigenvalue weighted by Gasteiger charge is 2.23. The molecule has 2 amide bonds. The van der Waals surface area contributed by atoms with Crippen molar-refractivity contribution in [3.63, 3.8) is 0 Å². The molecule has 0 unspecified atom stereocenters. The zero-order valence-corrected chi connectivity index (χ0v) is 35.8. The summed E-state index contributed by atoms with van der Waals surface area (Å²) in [5.41, 5.74) is 2.23. The van der Waals surface area contributed by atoms with Gasteiger partial charge < -0.3 is 30.7 Å². The van der Waals surface area contributed by atoms with E-state index in [1.54, 1.807) is 0 Å². The molecule has 0 fully saturated rings. The van der Waals surface area contributed by atoms with Gasteiger partial charge in [0.2, 0.25) is 11.8 Å². The van der Waals surface area contributed by atoms with E-state index in [1.807, 2.05) is 24.3 Å². The summed E-state index contributed by atoms with van der Waals surface area (Å²) in [6.07, 6.45) is 21.3. The number of nitrogens with one attached hydrogen (secondary N) is 4. The van der Waals surface area contributed by atoms with Gasteiger partial charge in [0.05, 0.1) is 25.3 Å². The molecule has 8 nitrogen and oxygen atoms in total. The van der Waals surface area contributed by atoms with Crippen LogP contribution in [0.3, 0.4) is 0 Å². The van der Waals surface area contributed by atoms with Gasteiger partial charge in [0.1, 0.15) is 11.5 Å². The maximum atomic E-state index is 13.1. The van der Waals surface area contributed by atoms with E-state index < -0.39 is 0 Å². The Morgan fingerprint density at radius 3 is 1.13 bits per heavy atom. The second-order valence-electron chi connectivity index (χ2n) is 16.1. The number of amides is 2. The van der Waals surface area contributed by atoms with E-state index in [0.29, 0.717) is 32.6 Å². The number of unbranched alkanes of at least 4 members (excludes halogenated alkanes) is 14. The number of rotatable bonds is 34. The molecule has 0 radical (unpaired) electrons. The van der Waals surface area contributed by atoms with Crippen molar-refractivity contribution in [2.24, 2.45) is 11.8 Å². The van der Waals surface area contributed by atoms with Gasteiger partial charge in [-0.15, -0.1) is 0 Å². The molecule has 0 aliphatic carbocycles. The van der Waals surface area contributed by atoms with Gasteiger partial charge in [-0.2, -0.15) is 0 Å². The first-order chi connectivity index (χ1) is 26.7. The van der Waals surface area contributed by atoms with E-state index in [0.717, 1.165) is 48.7 Å². The van der Waals surface area contributed by atoms with Crippen molar-refractivity contribution in [1.29, 1.82) is 0 Å². The molecule has 0 spiro atoms. The monoisotopic (exact) mass is 765 g/mol. The van der Waals surface area contributed by atoms with Crippen molar-refractivity contribution < 1.29 is 19.1 Å². The van der Waals surface area contributed by atoms with Gasteiger partial charge in [-0.1, -0.05) is 156 Å². The van der Waals surface area contributed by atoms with Gasteiger partial charge in [0, 0.05) is 26.2 Å². The van der Waals surface area contributed by atoms with Gasteiger partial charge in [-0.3, -0.25) is 9.59 Å². The highest BCUT2D eigenvalue weighted by molar-refractivity contribution is 5.82. The van der Waals surface area contributed by atoms with Crippen molar-refractivity contribution in [2.45, 2.75) is 176 Å². The Morgan fingerprint density at radius 2 is 0.800 bits per heavy atom. The Balaban J connectivity index is 1.61. The van der Waals surface area contributed by atoms with Gasteiger partial charge in [-0.25, -0.2) is 0 Å². The van der Waals surface area contributed by atoms with Crippen LogP contribution in [-0.2, 0) is 22.7 Å². The third-order valence-electron chi connectivity index (χ3n) is 10.3. The summed E-state index contributed by atoms with van der Waals surface area (Å²) < 4.78 is 11.9. The molecular weight excluding hydrogens is 685 g/mol. The van der Waals surface area contributed by atoms with Crippen molar-refractivity contribution >= 4 is 11.8 Å². The smallest absolute Gasteiger partial charge is 0.237 e. The average molecular weight is 765 g/mol. The molecule has 2 aromatic rings. The molecular formula is C47H80N4O4. The molecule has 0 heterocycles. The molecule has 0 aromatic heterocycles. The Hall–Kier alpha value is -3.10. The zero-order chi connectivity index (χ0) is 39.9. The Bertz CT molecular complexity index is 1140. The van der Waals surface area contributed by atoms with E-state index in [4.69, 9.17) is 9.47 Å². The predicted octanol–water partition coefficient (Wildman–Crippen LogP) is 10.3. The number of carbonyl (C=O) groups excluding carboxylic acids is 2. The highest BCUT2D eigenvalue weighted by Crippen LogP contribution is 2.16. The second-order valence-corrected chi connectivity index (χ2v) is 16.1. The molecule has 0 aliphatic rings. The molecule has 0 saturated heterocycles. The standard InChI is InChI=1S/C47H80N4O4/c1-7-9-11-13-15-17-19-21-34-54-42-28-24-40(25-29-42)36-50-44(38(3)4)46(52)48-32-23-33-49-47(53)45(39(5)6)51-37-41-26-30-43(31-27-41)55-35-22-20-18-16-14-12-10-8-2/h24-31,38-39,44-45,50-51H,7-23,32-37H2,1-6H3,(H,48,52)(H,49,53)/t44-,45-/m0/s1. The summed E-state index contributed by atoms with van der Waals surface area (Å²) in [7, 11) is 0. The predicted molar refractivity (Wildman–Crippen MR) is 231 cm³/mol. The molecule has 2 aromatic carbocycles. The molecule has 0 aliphatic heterocycles. The van der Waals surface area contributed by atoms with Crippen LogP contribution in [0.5, 0.6) is 11.5 Å². The van der Waals surface area contributed by atoms with E-state index in [2.05, 4.69) is 87.1 Å². The average Bonchev–Trinajstić information content (AvgIpc) is 3.17. The van der Waals surface area contributed by atoms with Crippen LogP contribution in [0.25, 0.3) is 0 Å². The molecule has 0 bridgehead atoms. The topological polar surface area (TPSA) is 101 Å². The van der Waals surface area contributed by atoms with Crippen molar-refractivity contribution in [1.82, 2.24) is 21.3 Å². The third-order valence-corrected chi connectivity index (χ3v) is 10.3. The lowest BCUT2D eigenvalue weighted by atomic mass is 10.0. The number of ether oxygens (including phenoxy) is 2. The fourth-order valence-corrected chi connectivity index (χ4v) is 6.71. The lowest BCUT2D eigenvalue weighted by Gasteiger charge is -2.23. The van der Waals surface area contributed by atoms with Gasteiger partial charge >= 0.3 is 0 Å². The van der Waals surface area contributed by atoms with Gasteiger partial charge in [-0.05, 0) is 66.5 Å². The minimum atomic E-state index is -0.308. The Labute approximate surface area is 336 Å². The van der Waals surface area contributed by atoms with Crippen molar-refractivity contribution in [3.05, 3.63) is 59.7 Å². The lowest BCUT2D eigenvalue weighted by molar-refractivity contribution is -0.124. The quantitative estimate of drug-likeness (QED) is 0.0530. The SMILES string of the molecule is CCCCCCCCCCOc1ccc(CN[C@H](C(=O)NCCCNC(=O)[C@@H](NCc2ccc(OCCCCCCCCCC)cc2)C(C)C)C(C)C)cc1. The fourth-order valence-electron chi connectivity index (χ4n) is 6.71. The van der Waals surface area contributed by atoms with Crippen LogP contribution in [0.4, 0.5) is 0 Å². The molecule has 55 heavy (non-hydrogen) atoms. The molecule has 0 saturated carbocycles. The summed E-state index contributed by atoms with van der Waals surface area (Å²) in [5.74, 6) is 2.03.